The Morgan fingerprint density at radius 1 is 1.35 bits per heavy atom. The van der Waals surface area contributed by atoms with Crippen LogP contribution in [-0.2, 0) is 4.79 Å². The van der Waals surface area contributed by atoms with Gasteiger partial charge in [0, 0.05) is 6.04 Å². The fourth-order valence-electron chi connectivity index (χ4n) is 2.84. The van der Waals surface area contributed by atoms with Crippen LogP contribution >= 0.6 is 0 Å². The quantitative estimate of drug-likeness (QED) is 0.743. The average Bonchev–Trinajstić information content (AvgIpc) is 2.76. The van der Waals surface area contributed by atoms with Crippen LogP contribution in [0, 0.1) is 5.92 Å². The molecule has 3 heteroatoms. The van der Waals surface area contributed by atoms with Crippen molar-refractivity contribution < 1.29 is 4.79 Å². The molecule has 1 fully saturated rings. The number of carbonyl (C=O) groups excluding carboxylic acids is 1. The molecule has 3 nitrogen and oxygen atoms in total. The first-order chi connectivity index (χ1) is 8.06. The first-order valence-corrected chi connectivity index (χ1v) is 7.11. The van der Waals surface area contributed by atoms with Crippen LogP contribution < -0.4 is 5.73 Å². The van der Waals surface area contributed by atoms with Gasteiger partial charge in [0.2, 0.25) is 5.91 Å². The third-order valence-electron chi connectivity index (χ3n) is 3.87. The molecule has 0 bridgehead atoms. The zero-order valence-corrected chi connectivity index (χ0v) is 11.6. The van der Waals surface area contributed by atoms with Gasteiger partial charge in [0.15, 0.2) is 0 Å². The number of carbonyl (C=O) groups is 1. The highest BCUT2D eigenvalue weighted by Crippen LogP contribution is 2.26. The van der Waals surface area contributed by atoms with Crippen LogP contribution in [-0.4, -0.2) is 29.4 Å². The molecule has 0 aromatic carbocycles. The minimum atomic E-state index is -0.150. The molecular weight excluding hydrogens is 212 g/mol. The van der Waals surface area contributed by atoms with Gasteiger partial charge < -0.3 is 5.73 Å². The molecular formula is C14H28N2O. The van der Waals surface area contributed by atoms with E-state index in [1.807, 2.05) is 0 Å². The summed E-state index contributed by atoms with van der Waals surface area (Å²) < 4.78 is 0. The fourth-order valence-corrected chi connectivity index (χ4v) is 2.84. The summed E-state index contributed by atoms with van der Waals surface area (Å²) in [7, 11) is 0. The first-order valence-electron chi connectivity index (χ1n) is 7.11. The second kappa shape index (κ2) is 7.00. The molecule has 0 saturated heterocycles. The van der Waals surface area contributed by atoms with Crippen molar-refractivity contribution in [3.8, 4) is 0 Å². The molecule has 1 aliphatic rings. The maximum absolute atomic E-state index is 11.6. The molecule has 1 atom stereocenters. The second-order valence-corrected chi connectivity index (χ2v) is 5.69. The van der Waals surface area contributed by atoms with Crippen LogP contribution in [0.2, 0.25) is 0 Å². The van der Waals surface area contributed by atoms with Gasteiger partial charge in [-0.2, -0.15) is 0 Å². The van der Waals surface area contributed by atoms with E-state index in [0.29, 0.717) is 12.0 Å². The number of primary amides is 1. The molecule has 0 heterocycles. The molecule has 17 heavy (non-hydrogen) atoms. The van der Waals surface area contributed by atoms with E-state index >= 15 is 0 Å². The highest BCUT2D eigenvalue weighted by molar-refractivity contribution is 5.79. The molecule has 0 aliphatic heterocycles. The number of hydrogen-bond donors (Lipinski definition) is 1. The van der Waals surface area contributed by atoms with Crippen molar-refractivity contribution in [2.75, 3.05) is 6.54 Å². The van der Waals surface area contributed by atoms with Gasteiger partial charge in [-0.3, -0.25) is 9.69 Å². The molecule has 1 aliphatic carbocycles. The van der Waals surface area contributed by atoms with E-state index in [4.69, 9.17) is 5.73 Å². The van der Waals surface area contributed by atoms with Crippen molar-refractivity contribution in [1.82, 2.24) is 4.90 Å². The standard InChI is InChI=1S/C14H28N2O/c1-4-13(14(15)17)16(10-9-11(2)3)12-7-5-6-8-12/h11-13H,4-10H2,1-3H3,(H2,15,17). The first kappa shape index (κ1) is 14.5. The van der Waals surface area contributed by atoms with Crippen molar-refractivity contribution in [2.45, 2.75) is 71.4 Å². The van der Waals surface area contributed by atoms with Gasteiger partial charge >= 0.3 is 0 Å². The predicted molar refractivity (Wildman–Crippen MR) is 71.7 cm³/mol. The molecule has 1 saturated carbocycles. The highest BCUT2D eigenvalue weighted by Gasteiger charge is 2.30. The Kier molecular flexibility index (Phi) is 5.96. The lowest BCUT2D eigenvalue weighted by atomic mass is 10.0. The fraction of sp³-hybridized carbons (Fsp3) is 0.929. The topological polar surface area (TPSA) is 46.3 Å². The molecule has 2 N–H and O–H groups in total. The minimum absolute atomic E-state index is 0.0585. The van der Waals surface area contributed by atoms with Gasteiger partial charge in [-0.05, 0) is 38.1 Å². The summed E-state index contributed by atoms with van der Waals surface area (Å²) in [5.41, 5.74) is 5.54. The highest BCUT2D eigenvalue weighted by atomic mass is 16.1. The van der Waals surface area contributed by atoms with Crippen LogP contribution in [0.5, 0.6) is 0 Å². The summed E-state index contributed by atoms with van der Waals surface area (Å²) in [6, 6.07) is 0.531. The monoisotopic (exact) mass is 240 g/mol. The third-order valence-corrected chi connectivity index (χ3v) is 3.87. The SMILES string of the molecule is CCC(C(N)=O)N(CCC(C)C)C1CCCC1. The van der Waals surface area contributed by atoms with Gasteiger partial charge in [-0.25, -0.2) is 0 Å². The number of nitrogens with two attached hydrogens (primary N) is 1. The van der Waals surface area contributed by atoms with E-state index in [9.17, 15) is 4.79 Å². The maximum atomic E-state index is 11.6. The number of amides is 1. The number of nitrogens with zero attached hydrogens (tertiary/aromatic N) is 1. The van der Waals surface area contributed by atoms with Crippen LogP contribution in [0.1, 0.15) is 59.3 Å². The van der Waals surface area contributed by atoms with Crippen molar-refractivity contribution in [2.24, 2.45) is 11.7 Å². The van der Waals surface area contributed by atoms with Gasteiger partial charge in [0.1, 0.15) is 0 Å². The largest absolute Gasteiger partial charge is 0.368 e. The van der Waals surface area contributed by atoms with E-state index in [1.54, 1.807) is 0 Å². The Bertz CT molecular complexity index is 234. The minimum Gasteiger partial charge on any atom is -0.368 e. The van der Waals surface area contributed by atoms with E-state index in [0.717, 1.165) is 19.4 Å². The Balaban J connectivity index is 2.65. The smallest absolute Gasteiger partial charge is 0.234 e. The lowest BCUT2D eigenvalue weighted by Gasteiger charge is -2.34. The lowest BCUT2D eigenvalue weighted by Crippen LogP contribution is -2.49. The van der Waals surface area contributed by atoms with Crippen molar-refractivity contribution in [3.63, 3.8) is 0 Å². The van der Waals surface area contributed by atoms with Crippen LogP contribution in [0.25, 0.3) is 0 Å². The zero-order valence-electron chi connectivity index (χ0n) is 11.6. The Labute approximate surface area is 106 Å². The summed E-state index contributed by atoms with van der Waals surface area (Å²) in [6.45, 7) is 7.55. The molecule has 0 spiro atoms. The molecule has 0 aromatic heterocycles. The van der Waals surface area contributed by atoms with E-state index in [2.05, 4.69) is 25.7 Å². The van der Waals surface area contributed by atoms with Crippen molar-refractivity contribution >= 4 is 5.91 Å². The molecule has 1 rings (SSSR count). The van der Waals surface area contributed by atoms with Crippen LogP contribution in [0.4, 0.5) is 0 Å². The third kappa shape index (κ3) is 4.30. The normalized spacial score (nSPS) is 19.1. The summed E-state index contributed by atoms with van der Waals surface area (Å²) in [5, 5.41) is 0. The van der Waals surface area contributed by atoms with Crippen molar-refractivity contribution in [1.29, 1.82) is 0 Å². The summed E-state index contributed by atoms with van der Waals surface area (Å²) in [6.07, 6.45) is 7.07. The van der Waals surface area contributed by atoms with Gasteiger partial charge in [0.05, 0.1) is 6.04 Å². The maximum Gasteiger partial charge on any atom is 0.234 e. The van der Waals surface area contributed by atoms with Gasteiger partial charge in [-0.15, -0.1) is 0 Å². The Morgan fingerprint density at radius 2 is 1.94 bits per heavy atom. The summed E-state index contributed by atoms with van der Waals surface area (Å²) in [5.74, 6) is 0.535. The van der Waals surface area contributed by atoms with Crippen molar-refractivity contribution in [3.05, 3.63) is 0 Å². The molecule has 1 amide bonds. The van der Waals surface area contributed by atoms with E-state index in [1.165, 1.54) is 25.7 Å². The number of hydrogen-bond acceptors (Lipinski definition) is 2. The van der Waals surface area contributed by atoms with Gasteiger partial charge in [0.25, 0.3) is 0 Å². The lowest BCUT2D eigenvalue weighted by molar-refractivity contribution is -0.124. The molecule has 0 aromatic rings. The zero-order chi connectivity index (χ0) is 12.8. The van der Waals surface area contributed by atoms with E-state index in [-0.39, 0.29) is 11.9 Å². The van der Waals surface area contributed by atoms with Crippen LogP contribution in [0.15, 0.2) is 0 Å². The van der Waals surface area contributed by atoms with Gasteiger partial charge in [-0.1, -0.05) is 33.6 Å². The number of rotatable bonds is 7. The average molecular weight is 240 g/mol. The van der Waals surface area contributed by atoms with E-state index < -0.39 is 0 Å². The summed E-state index contributed by atoms with van der Waals surface area (Å²) in [4.78, 5) is 13.9. The summed E-state index contributed by atoms with van der Waals surface area (Å²) >= 11 is 0. The Hall–Kier alpha value is -0.570. The Morgan fingerprint density at radius 3 is 2.35 bits per heavy atom. The van der Waals surface area contributed by atoms with Crippen LogP contribution in [0.3, 0.4) is 0 Å². The molecule has 1 unspecified atom stereocenters. The predicted octanol–water partition coefficient (Wildman–Crippen LogP) is 2.54. The molecule has 0 radical (unpaired) electrons. The second-order valence-electron chi connectivity index (χ2n) is 5.69. The molecule has 100 valence electrons.